The van der Waals surface area contributed by atoms with E-state index in [1.54, 1.807) is 0 Å². The van der Waals surface area contributed by atoms with Crippen LogP contribution in [0.4, 0.5) is 0 Å². The van der Waals surface area contributed by atoms with Gasteiger partial charge >= 0.3 is 0 Å². The van der Waals surface area contributed by atoms with Crippen LogP contribution in [0.15, 0.2) is 12.1 Å². The van der Waals surface area contributed by atoms with E-state index in [1.807, 2.05) is 6.92 Å². The third-order valence-electron chi connectivity index (χ3n) is 3.00. The molecule has 0 unspecified atom stereocenters. The van der Waals surface area contributed by atoms with Crippen LogP contribution in [0.1, 0.15) is 42.4 Å². The number of hydrogen-bond donors (Lipinski definition) is 0. The Kier molecular flexibility index (Phi) is 2.66. The van der Waals surface area contributed by atoms with Gasteiger partial charge in [0.25, 0.3) is 0 Å². The molecule has 0 saturated carbocycles. The number of rotatable bonds is 1. The van der Waals surface area contributed by atoms with Crippen molar-refractivity contribution in [2.24, 2.45) is 0 Å². The Bertz CT molecular complexity index is 542. The number of aryl methyl sites for hydroxylation is 3. The van der Waals surface area contributed by atoms with Crippen LogP contribution in [0, 0.1) is 20.8 Å². The normalized spacial score (nSPS) is 11.4. The molecule has 0 amide bonds. The van der Waals surface area contributed by atoms with Crippen molar-refractivity contribution in [3.05, 3.63) is 34.8 Å². The molecule has 0 saturated heterocycles. The fourth-order valence-corrected chi connectivity index (χ4v) is 1.97. The molecule has 0 aliphatic carbocycles. The van der Waals surface area contributed by atoms with Crippen LogP contribution in [0.5, 0.6) is 0 Å². The minimum Gasteiger partial charge on any atom is -0.237 e. The van der Waals surface area contributed by atoms with E-state index in [2.05, 4.69) is 49.8 Å². The molecule has 1 aromatic heterocycles. The molecule has 2 heteroatoms. The Morgan fingerprint density at radius 1 is 0.938 bits per heavy atom. The lowest BCUT2D eigenvalue weighted by atomic mass is 10.0. The SMILES string of the molecule is Cc1nc(C(C)C)c2cc(C)c(C)cc2n1. The van der Waals surface area contributed by atoms with Crippen LogP contribution < -0.4 is 0 Å². The lowest BCUT2D eigenvalue weighted by Crippen LogP contribution is -2.00. The van der Waals surface area contributed by atoms with Crippen molar-refractivity contribution < 1.29 is 0 Å². The summed E-state index contributed by atoms with van der Waals surface area (Å²) in [7, 11) is 0. The van der Waals surface area contributed by atoms with Crippen molar-refractivity contribution >= 4 is 10.9 Å². The summed E-state index contributed by atoms with van der Waals surface area (Å²) in [6, 6.07) is 4.37. The maximum Gasteiger partial charge on any atom is 0.126 e. The largest absolute Gasteiger partial charge is 0.237 e. The first-order valence-electron chi connectivity index (χ1n) is 5.74. The molecule has 1 heterocycles. The molecule has 1 aromatic carbocycles. The van der Waals surface area contributed by atoms with Crippen molar-refractivity contribution in [3.63, 3.8) is 0 Å². The van der Waals surface area contributed by atoms with E-state index in [9.17, 15) is 0 Å². The maximum absolute atomic E-state index is 4.56. The van der Waals surface area contributed by atoms with Gasteiger partial charge in [0, 0.05) is 5.39 Å². The van der Waals surface area contributed by atoms with Crippen molar-refractivity contribution in [1.82, 2.24) is 9.97 Å². The van der Waals surface area contributed by atoms with Gasteiger partial charge in [-0.1, -0.05) is 13.8 Å². The van der Waals surface area contributed by atoms with Crippen LogP contribution in [-0.4, -0.2) is 9.97 Å². The van der Waals surface area contributed by atoms with Gasteiger partial charge in [0.05, 0.1) is 11.2 Å². The van der Waals surface area contributed by atoms with Gasteiger partial charge in [-0.3, -0.25) is 0 Å². The molecule has 84 valence electrons. The first-order chi connectivity index (χ1) is 7.49. The molecule has 2 nitrogen and oxygen atoms in total. The number of aromatic nitrogens is 2. The van der Waals surface area contributed by atoms with E-state index < -0.39 is 0 Å². The van der Waals surface area contributed by atoms with Crippen molar-refractivity contribution in [3.8, 4) is 0 Å². The highest BCUT2D eigenvalue weighted by atomic mass is 14.9. The van der Waals surface area contributed by atoms with Gasteiger partial charge in [-0.25, -0.2) is 9.97 Å². The lowest BCUT2D eigenvalue weighted by molar-refractivity contribution is 0.817. The monoisotopic (exact) mass is 214 g/mol. The minimum absolute atomic E-state index is 0.436. The first kappa shape index (κ1) is 11.1. The molecule has 0 aliphatic rings. The van der Waals surface area contributed by atoms with Gasteiger partial charge in [-0.05, 0) is 49.9 Å². The number of fused-ring (bicyclic) bond motifs is 1. The Hall–Kier alpha value is -1.44. The van der Waals surface area contributed by atoms with Gasteiger partial charge in [0.2, 0.25) is 0 Å². The summed E-state index contributed by atoms with van der Waals surface area (Å²) in [5, 5.41) is 1.20. The molecule has 0 N–H and O–H groups in total. The van der Waals surface area contributed by atoms with Crippen molar-refractivity contribution in [1.29, 1.82) is 0 Å². The van der Waals surface area contributed by atoms with E-state index >= 15 is 0 Å². The van der Waals surface area contributed by atoms with Crippen LogP contribution in [0.25, 0.3) is 10.9 Å². The molecular formula is C14H18N2. The Labute approximate surface area is 96.7 Å². The molecule has 0 atom stereocenters. The predicted octanol–water partition coefficient (Wildman–Crippen LogP) is 3.68. The van der Waals surface area contributed by atoms with E-state index in [0.29, 0.717) is 5.92 Å². The third kappa shape index (κ3) is 1.80. The summed E-state index contributed by atoms with van der Waals surface area (Å²) in [6.45, 7) is 10.6. The standard InChI is InChI=1S/C14H18N2/c1-8(2)14-12-6-9(3)10(4)7-13(12)15-11(5)16-14/h6-8H,1-5H3. The molecule has 0 radical (unpaired) electrons. The van der Waals surface area contributed by atoms with Crippen LogP contribution in [0.2, 0.25) is 0 Å². The fraction of sp³-hybridized carbons (Fsp3) is 0.429. The van der Waals surface area contributed by atoms with E-state index in [0.717, 1.165) is 17.0 Å². The summed E-state index contributed by atoms with van der Waals surface area (Å²) in [4.78, 5) is 9.07. The minimum atomic E-state index is 0.436. The average molecular weight is 214 g/mol. The zero-order valence-electron chi connectivity index (χ0n) is 10.6. The highest BCUT2D eigenvalue weighted by Crippen LogP contribution is 2.25. The third-order valence-corrected chi connectivity index (χ3v) is 3.00. The molecule has 2 aromatic rings. The van der Waals surface area contributed by atoms with Gasteiger partial charge in [-0.15, -0.1) is 0 Å². The van der Waals surface area contributed by atoms with Gasteiger partial charge < -0.3 is 0 Å². The van der Waals surface area contributed by atoms with Crippen LogP contribution in [-0.2, 0) is 0 Å². The van der Waals surface area contributed by atoms with Gasteiger partial charge in [0.1, 0.15) is 5.82 Å². The number of nitrogens with zero attached hydrogens (tertiary/aromatic N) is 2. The summed E-state index contributed by atoms with van der Waals surface area (Å²) in [5.41, 5.74) is 4.83. The lowest BCUT2D eigenvalue weighted by Gasteiger charge is -2.11. The average Bonchev–Trinajstić information content (AvgIpc) is 2.19. The molecule has 0 spiro atoms. The summed E-state index contributed by atoms with van der Waals surface area (Å²) in [5.74, 6) is 1.30. The second-order valence-electron chi connectivity index (χ2n) is 4.76. The van der Waals surface area contributed by atoms with Gasteiger partial charge in [0.15, 0.2) is 0 Å². The highest BCUT2D eigenvalue weighted by Gasteiger charge is 2.10. The second-order valence-corrected chi connectivity index (χ2v) is 4.76. The van der Waals surface area contributed by atoms with Gasteiger partial charge in [-0.2, -0.15) is 0 Å². The van der Waals surface area contributed by atoms with E-state index in [-0.39, 0.29) is 0 Å². The maximum atomic E-state index is 4.56. The van der Waals surface area contributed by atoms with Crippen LogP contribution in [0.3, 0.4) is 0 Å². The second kappa shape index (κ2) is 3.85. The fourth-order valence-electron chi connectivity index (χ4n) is 1.97. The number of benzene rings is 1. The first-order valence-corrected chi connectivity index (χ1v) is 5.74. The highest BCUT2D eigenvalue weighted by molar-refractivity contribution is 5.83. The molecule has 0 fully saturated rings. The van der Waals surface area contributed by atoms with Crippen molar-refractivity contribution in [2.75, 3.05) is 0 Å². The Morgan fingerprint density at radius 3 is 2.19 bits per heavy atom. The quantitative estimate of drug-likeness (QED) is 0.723. The van der Waals surface area contributed by atoms with E-state index in [4.69, 9.17) is 0 Å². The summed E-state index contributed by atoms with van der Waals surface area (Å²) < 4.78 is 0. The number of hydrogen-bond acceptors (Lipinski definition) is 2. The zero-order chi connectivity index (χ0) is 11.9. The van der Waals surface area contributed by atoms with Crippen molar-refractivity contribution in [2.45, 2.75) is 40.5 Å². The molecule has 2 rings (SSSR count). The Morgan fingerprint density at radius 2 is 1.56 bits per heavy atom. The summed E-state index contributed by atoms with van der Waals surface area (Å²) in [6.07, 6.45) is 0. The molecule has 0 bridgehead atoms. The topological polar surface area (TPSA) is 25.8 Å². The zero-order valence-corrected chi connectivity index (χ0v) is 10.6. The predicted molar refractivity (Wildman–Crippen MR) is 67.8 cm³/mol. The molecule has 0 aliphatic heterocycles. The Balaban J connectivity index is 2.85. The molecule has 16 heavy (non-hydrogen) atoms. The molecular weight excluding hydrogens is 196 g/mol. The smallest absolute Gasteiger partial charge is 0.126 e. The van der Waals surface area contributed by atoms with E-state index in [1.165, 1.54) is 16.5 Å². The summed E-state index contributed by atoms with van der Waals surface area (Å²) >= 11 is 0. The van der Waals surface area contributed by atoms with Crippen LogP contribution >= 0.6 is 0 Å².